The van der Waals surface area contributed by atoms with Gasteiger partial charge in [-0.3, -0.25) is 4.40 Å². The number of aromatic nitrogens is 2. The van der Waals surface area contributed by atoms with Gasteiger partial charge in [-0.1, -0.05) is 0 Å². The van der Waals surface area contributed by atoms with Crippen LogP contribution in [-0.4, -0.2) is 21.0 Å². The second kappa shape index (κ2) is 4.35. The van der Waals surface area contributed by atoms with E-state index >= 15 is 0 Å². The van der Waals surface area contributed by atoms with E-state index in [0.29, 0.717) is 5.88 Å². The second-order valence-corrected chi connectivity index (χ2v) is 4.92. The Kier molecular flexibility index (Phi) is 3.14. The lowest BCUT2D eigenvalue weighted by atomic mass is 10.6. The van der Waals surface area contributed by atoms with Crippen molar-refractivity contribution in [1.29, 1.82) is 0 Å². The highest BCUT2D eigenvalue weighted by Crippen LogP contribution is 2.15. The Balaban J connectivity index is 2.03. The van der Waals surface area contributed by atoms with E-state index in [1.165, 1.54) is 0 Å². The van der Waals surface area contributed by atoms with Gasteiger partial charge >= 0.3 is 0 Å². The zero-order valence-corrected chi connectivity index (χ0v) is 9.33. The minimum Gasteiger partial charge on any atom is -0.297 e. The first-order valence-electron chi connectivity index (χ1n) is 3.95. The average molecular weight is 233 g/mol. The van der Waals surface area contributed by atoms with Crippen LogP contribution >= 0.6 is 34.7 Å². The Hall–Kier alpha value is -0.190. The molecular formula is C8H9ClN2S2. The van der Waals surface area contributed by atoms with Gasteiger partial charge in [0.2, 0.25) is 0 Å². The van der Waals surface area contributed by atoms with E-state index in [0.717, 1.165) is 22.2 Å². The summed E-state index contributed by atoms with van der Waals surface area (Å²) in [4.78, 5) is 5.53. The average Bonchev–Trinajstić information content (AvgIpc) is 2.64. The molecule has 5 heteroatoms. The quantitative estimate of drug-likeness (QED) is 0.596. The molecule has 0 spiro atoms. The Morgan fingerprint density at radius 2 is 2.54 bits per heavy atom. The lowest BCUT2D eigenvalue weighted by Crippen LogP contribution is -1.83. The summed E-state index contributed by atoms with van der Waals surface area (Å²) < 4.78 is 2.06. The van der Waals surface area contributed by atoms with Crippen LogP contribution in [0, 0.1) is 0 Å². The number of thioether (sulfide) groups is 1. The van der Waals surface area contributed by atoms with Gasteiger partial charge in [-0.15, -0.1) is 22.9 Å². The van der Waals surface area contributed by atoms with Gasteiger partial charge in [0.15, 0.2) is 4.96 Å². The van der Waals surface area contributed by atoms with E-state index in [4.69, 9.17) is 11.6 Å². The summed E-state index contributed by atoms with van der Waals surface area (Å²) in [6.45, 7) is 0. The van der Waals surface area contributed by atoms with Crippen molar-refractivity contribution in [3.8, 4) is 0 Å². The van der Waals surface area contributed by atoms with Crippen molar-refractivity contribution in [2.45, 2.75) is 5.75 Å². The number of thiazole rings is 1. The van der Waals surface area contributed by atoms with Crippen molar-refractivity contribution in [2.75, 3.05) is 11.6 Å². The molecule has 0 aliphatic rings. The fraction of sp³-hybridized carbons (Fsp3) is 0.375. The van der Waals surface area contributed by atoms with Gasteiger partial charge in [0.25, 0.3) is 0 Å². The van der Waals surface area contributed by atoms with Gasteiger partial charge in [-0.05, 0) is 0 Å². The molecule has 0 fully saturated rings. The zero-order chi connectivity index (χ0) is 9.10. The minimum absolute atomic E-state index is 0.715. The fourth-order valence-corrected chi connectivity index (χ4v) is 2.72. The van der Waals surface area contributed by atoms with Crippen molar-refractivity contribution in [1.82, 2.24) is 9.38 Å². The Morgan fingerprint density at radius 3 is 3.31 bits per heavy atom. The highest BCUT2D eigenvalue weighted by atomic mass is 35.5. The summed E-state index contributed by atoms with van der Waals surface area (Å²) in [7, 11) is 0. The predicted molar refractivity (Wildman–Crippen MR) is 60.0 cm³/mol. The van der Waals surface area contributed by atoms with Gasteiger partial charge in [0.1, 0.15) is 0 Å². The molecule has 0 aliphatic carbocycles. The molecule has 0 aromatic carbocycles. The Bertz CT molecular complexity index is 354. The fourth-order valence-electron chi connectivity index (χ4n) is 1.08. The van der Waals surface area contributed by atoms with Crippen molar-refractivity contribution in [3.05, 3.63) is 23.5 Å². The molecule has 0 radical (unpaired) electrons. The first-order chi connectivity index (χ1) is 6.40. The number of hydrogen-bond donors (Lipinski definition) is 0. The first kappa shape index (κ1) is 9.37. The molecule has 2 aromatic heterocycles. The molecule has 0 aliphatic heterocycles. The van der Waals surface area contributed by atoms with Gasteiger partial charge in [0.05, 0.1) is 5.69 Å². The number of rotatable bonds is 4. The minimum atomic E-state index is 0.715. The van der Waals surface area contributed by atoms with E-state index in [9.17, 15) is 0 Å². The first-order valence-corrected chi connectivity index (χ1v) is 6.52. The smallest absolute Gasteiger partial charge is 0.193 e. The number of imidazole rings is 1. The van der Waals surface area contributed by atoms with Crippen molar-refractivity contribution in [2.24, 2.45) is 0 Å². The molecule has 13 heavy (non-hydrogen) atoms. The lowest BCUT2D eigenvalue weighted by Gasteiger charge is -1.92. The maximum atomic E-state index is 5.58. The topological polar surface area (TPSA) is 17.3 Å². The molecule has 0 N–H and O–H groups in total. The van der Waals surface area contributed by atoms with Crippen LogP contribution in [0.25, 0.3) is 4.96 Å². The maximum Gasteiger partial charge on any atom is 0.193 e. The molecule has 2 heterocycles. The molecular weight excluding hydrogens is 224 g/mol. The van der Waals surface area contributed by atoms with E-state index in [1.54, 1.807) is 11.3 Å². The molecule has 0 bridgehead atoms. The van der Waals surface area contributed by atoms with Crippen molar-refractivity contribution in [3.63, 3.8) is 0 Å². The summed E-state index contributed by atoms with van der Waals surface area (Å²) in [5, 5.41) is 2.04. The van der Waals surface area contributed by atoms with E-state index in [-0.39, 0.29) is 0 Å². The van der Waals surface area contributed by atoms with Crippen molar-refractivity contribution < 1.29 is 0 Å². The molecule has 0 amide bonds. The molecule has 2 rings (SSSR count). The molecule has 0 atom stereocenters. The number of hydrogen-bond acceptors (Lipinski definition) is 3. The maximum absolute atomic E-state index is 5.58. The second-order valence-electron chi connectivity index (χ2n) is 2.57. The molecule has 2 nitrogen and oxygen atoms in total. The van der Waals surface area contributed by atoms with Crippen LogP contribution in [0.4, 0.5) is 0 Å². The standard InChI is InChI=1S/C8H9ClN2S2/c9-1-3-12-6-7-5-11-2-4-13-8(11)10-7/h2,4-5H,1,3,6H2. The van der Waals surface area contributed by atoms with E-state index in [2.05, 4.69) is 15.6 Å². The van der Waals surface area contributed by atoms with E-state index in [1.807, 2.05) is 23.3 Å². The van der Waals surface area contributed by atoms with Crippen LogP contribution < -0.4 is 0 Å². The summed E-state index contributed by atoms with van der Waals surface area (Å²) in [6.07, 6.45) is 4.11. The molecule has 0 saturated heterocycles. The van der Waals surface area contributed by atoms with Crippen LogP contribution in [0.15, 0.2) is 17.8 Å². The van der Waals surface area contributed by atoms with Gasteiger partial charge in [-0.2, -0.15) is 11.8 Å². The molecule has 0 unspecified atom stereocenters. The summed E-state index contributed by atoms with van der Waals surface area (Å²) in [5.74, 6) is 2.67. The Morgan fingerprint density at radius 1 is 1.62 bits per heavy atom. The SMILES string of the molecule is ClCCSCc1cn2ccsc2n1. The normalized spacial score (nSPS) is 11.2. The third-order valence-electron chi connectivity index (χ3n) is 1.61. The number of alkyl halides is 1. The van der Waals surface area contributed by atoms with E-state index < -0.39 is 0 Å². The Labute approximate surface area is 89.9 Å². The van der Waals surface area contributed by atoms with Crippen LogP contribution in [0.3, 0.4) is 0 Å². The third kappa shape index (κ3) is 2.18. The largest absolute Gasteiger partial charge is 0.297 e. The number of halogens is 1. The number of nitrogens with zero attached hydrogens (tertiary/aromatic N) is 2. The van der Waals surface area contributed by atoms with Crippen LogP contribution in [-0.2, 0) is 5.75 Å². The monoisotopic (exact) mass is 232 g/mol. The van der Waals surface area contributed by atoms with Crippen LogP contribution in [0.5, 0.6) is 0 Å². The zero-order valence-electron chi connectivity index (χ0n) is 6.94. The molecule has 2 aromatic rings. The molecule has 70 valence electrons. The third-order valence-corrected chi connectivity index (χ3v) is 3.79. The van der Waals surface area contributed by atoms with Gasteiger partial charge in [0, 0.05) is 35.2 Å². The highest BCUT2D eigenvalue weighted by Gasteiger charge is 2.01. The highest BCUT2D eigenvalue weighted by molar-refractivity contribution is 7.98. The molecule has 0 saturated carbocycles. The van der Waals surface area contributed by atoms with Crippen LogP contribution in [0.2, 0.25) is 0 Å². The summed E-state index contributed by atoms with van der Waals surface area (Å²) in [5.41, 5.74) is 1.14. The summed E-state index contributed by atoms with van der Waals surface area (Å²) in [6, 6.07) is 0. The summed E-state index contributed by atoms with van der Waals surface area (Å²) >= 11 is 9.07. The van der Waals surface area contributed by atoms with Gasteiger partial charge in [-0.25, -0.2) is 4.98 Å². The number of fused-ring (bicyclic) bond motifs is 1. The van der Waals surface area contributed by atoms with Crippen LogP contribution in [0.1, 0.15) is 5.69 Å². The van der Waals surface area contributed by atoms with Gasteiger partial charge < -0.3 is 0 Å². The lowest BCUT2D eigenvalue weighted by molar-refractivity contribution is 1.21. The predicted octanol–water partition coefficient (Wildman–Crippen LogP) is 2.87. The van der Waals surface area contributed by atoms with Crippen molar-refractivity contribution >= 4 is 39.7 Å².